The fourth-order valence-corrected chi connectivity index (χ4v) is 5.10. The van der Waals surface area contributed by atoms with Crippen LogP contribution in [0.25, 0.3) is 0 Å². The van der Waals surface area contributed by atoms with E-state index in [1.165, 1.54) is 30.2 Å². The maximum absolute atomic E-state index is 12.2. The minimum atomic E-state index is -0.000568. The quantitative estimate of drug-likeness (QED) is 0.487. The molecule has 0 saturated heterocycles. The third-order valence-electron chi connectivity index (χ3n) is 3.44. The second kappa shape index (κ2) is 10.1. The van der Waals surface area contributed by atoms with E-state index in [9.17, 15) is 4.79 Å². The lowest BCUT2D eigenvalue weighted by Crippen LogP contribution is -2.16. The third-order valence-corrected chi connectivity index (χ3v) is 6.72. The van der Waals surface area contributed by atoms with Gasteiger partial charge in [0.05, 0.1) is 5.75 Å². The van der Waals surface area contributed by atoms with E-state index in [0.29, 0.717) is 5.75 Å². The Morgan fingerprint density at radius 2 is 1.96 bits per heavy atom. The van der Waals surface area contributed by atoms with Gasteiger partial charge in [0.1, 0.15) is 0 Å². The summed E-state index contributed by atoms with van der Waals surface area (Å²) >= 11 is 4.75. The normalized spacial score (nSPS) is 10.8. The number of thioether (sulfide) groups is 2. The average Bonchev–Trinajstić information content (AvgIpc) is 3.03. The second-order valence-electron chi connectivity index (χ2n) is 5.34. The van der Waals surface area contributed by atoms with Crippen LogP contribution in [0.15, 0.2) is 26.9 Å². The predicted molar refractivity (Wildman–Crippen MR) is 105 cm³/mol. The van der Waals surface area contributed by atoms with E-state index in [-0.39, 0.29) is 5.91 Å². The Labute approximate surface area is 156 Å². The van der Waals surface area contributed by atoms with Crippen LogP contribution in [0, 0.1) is 6.92 Å². The second-order valence-corrected chi connectivity index (χ2v) is 8.88. The lowest BCUT2D eigenvalue weighted by molar-refractivity contribution is -0.113. The van der Waals surface area contributed by atoms with Crippen molar-refractivity contribution in [2.75, 3.05) is 16.8 Å². The van der Waals surface area contributed by atoms with Gasteiger partial charge in [-0.2, -0.15) is 0 Å². The number of hydrogen-bond donors (Lipinski definition) is 1. The zero-order valence-electron chi connectivity index (χ0n) is 14.3. The molecule has 1 N–H and O–H groups in total. The molecule has 130 valence electrons. The summed E-state index contributed by atoms with van der Waals surface area (Å²) in [4.78, 5) is 12.2. The predicted octanol–water partition coefficient (Wildman–Crippen LogP) is 5.03. The zero-order chi connectivity index (χ0) is 17.4. The molecule has 0 aliphatic rings. The summed E-state index contributed by atoms with van der Waals surface area (Å²) < 4.78 is 1.84. The number of benzene rings is 1. The van der Waals surface area contributed by atoms with Crippen molar-refractivity contribution in [3.63, 3.8) is 0 Å². The van der Waals surface area contributed by atoms with Gasteiger partial charge in [0.2, 0.25) is 5.91 Å². The smallest absolute Gasteiger partial charge is 0.234 e. The lowest BCUT2D eigenvalue weighted by atomic mass is 10.1. The van der Waals surface area contributed by atoms with Gasteiger partial charge >= 0.3 is 0 Å². The van der Waals surface area contributed by atoms with Crippen LogP contribution < -0.4 is 5.32 Å². The van der Waals surface area contributed by atoms with E-state index in [4.69, 9.17) is 0 Å². The Hall–Kier alpha value is -1.05. The molecule has 0 aliphatic carbocycles. The number of anilines is 1. The maximum Gasteiger partial charge on any atom is 0.234 e. The van der Waals surface area contributed by atoms with Crippen molar-refractivity contribution < 1.29 is 4.79 Å². The van der Waals surface area contributed by atoms with Crippen LogP contribution in [-0.4, -0.2) is 27.6 Å². The van der Waals surface area contributed by atoms with Crippen molar-refractivity contribution >= 4 is 46.5 Å². The minimum absolute atomic E-state index is 0.000568. The molecule has 1 heterocycles. The Morgan fingerprint density at radius 1 is 1.21 bits per heavy atom. The van der Waals surface area contributed by atoms with E-state index in [1.54, 1.807) is 23.1 Å². The first-order chi connectivity index (χ1) is 11.6. The van der Waals surface area contributed by atoms with E-state index in [1.807, 2.05) is 19.1 Å². The highest BCUT2D eigenvalue weighted by Crippen LogP contribution is 2.29. The number of hydrogen-bond acceptors (Lipinski definition) is 6. The number of rotatable bonds is 9. The molecule has 0 unspecified atom stereocenters. The Morgan fingerprint density at radius 3 is 2.67 bits per heavy atom. The minimum Gasteiger partial charge on any atom is -0.325 e. The summed E-state index contributed by atoms with van der Waals surface area (Å²) in [5.74, 6) is 1.43. The highest BCUT2D eigenvalue weighted by molar-refractivity contribution is 8.03. The molecule has 7 heteroatoms. The van der Waals surface area contributed by atoms with Crippen molar-refractivity contribution in [1.29, 1.82) is 0 Å². The van der Waals surface area contributed by atoms with Crippen LogP contribution in [0.5, 0.6) is 0 Å². The summed E-state index contributed by atoms with van der Waals surface area (Å²) in [5, 5.41) is 11.4. The van der Waals surface area contributed by atoms with Gasteiger partial charge in [0.25, 0.3) is 0 Å². The fourth-order valence-electron chi connectivity index (χ4n) is 2.12. The summed E-state index contributed by atoms with van der Waals surface area (Å²) in [7, 11) is 0. The summed E-state index contributed by atoms with van der Waals surface area (Å²) in [5.41, 5.74) is 3.20. The van der Waals surface area contributed by atoms with Crippen LogP contribution in [0.2, 0.25) is 0 Å². The van der Waals surface area contributed by atoms with Crippen LogP contribution in [0.3, 0.4) is 0 Å². The highest BCUT2D eigenvalue weighted by atomic mass is 32.2. The maximum atomic E-state index is 12.2. The molecule has 0 saturated carbocycles. The van der Waals surface area contributed by atoms with Crippen LogP contribution in [0.1, 0.15) is 37.8 Å². The van der Waals surface area contributed by atoms with Gasteiger partial charge in [-0.15, -0.1) is 10.2 Å². The average molecular weight is 382 g/mol. The molecular formula is C17H23N3OS3. The first-order valence-corrected chi connectivity index (χ1v) is 10.9. The standard InChI is InChI=1S/C17H23N3OS3/c1-4-6-10-22-16-19-20-17(24-16)23-11-14(21)18-15-12(3)8-7-9-13(15)5-2/h7-9H,4-6,10-11H2,1-3H3,(H,18,21). The molecule has 1 aromatic heterocycles. The summed E-state index contributed by atoms with van der Waals surface area (Å²) in [6.45, 7) is 6.30. The van der Waals surface area contributed by atoms with Gasteiger partial charge < -0.3 is 5.32 Å². The molecule has 0 bridgehead atoms. The number of carbonyl (C=O) groups is 1. The van der Waals surface area contributed by atoms with Gasteiger partial charge in [-0.05, 0) is 30.9 Å². The zero-order valence-corrected chi connectivity index (χ0v) is 16.7. The van der Waals surface area contributed by atoms with Gasteiger partial charge in [0, 0.05) is 11.4 Å². The van der Waals surface area contributed by atoms with E-state index in [2.05, 4.69) is 35.4 Å². The van der Waals surface area contributed by atoms with Crippen molar-refractivity contribution in [2.24, 2.45) is 0 Å². The largest absolute Gasteiger partial charge is 0.325 e. The number of nitrogens with zero attached hydrogens (tertiary/aromatic N) is 2. The molecule has 1 amide bonds. The first-order valence-electron chi connectivity index (χ1n) is 8.11. The molecule has 0 radical (unpaired) electrons. The third kappa shape index (κ3) is 5.79. The molecule has 24 heavy (non-hydrogen) atoms. The summed E-state index contributed by atoms with van der Waals surface area (Å²) in [6.07, 6.45) is 3.27. The molecule has 0 spiro atoms. The van der Waals surface area contributed by atoms with Gasteiger partial charge in [-0.3, -0.25) is 4.79 Å². The van der Waals surface area contributed by atoms with Crippen LogP contribution in [-0.2, 0) is 11.2 Å². The van der Waals surface area contributed by atoms with Gasteiger partial charge in [-0.1, -0.05) is 73.3 Å². The van der Waals surface area contributed by atoms with Crippen molar-refractivity contribution in [2.45, 2.75) is 48.7 Å². The Balaban J connectivity index is 1.85. The Kier molecular flexibility index (Phi) is 8.08. The van der Waals surface area contributed by atoms with E-state index in [0.717, 1.165) is 32.1 Å². The number of carbonyl (C=O) groups excluding carboxylic acids is 1. The van der Waals surface area contributed by atoms with E-state index >= 15 is 0 Å². The van der Waals surface area contributed by atoms with Crippen molar-refractivity contribution in [3.8, 4) is 0 Å². The lowest BCUT2D eigenvalue weighted by Gasteiger charge is -2.12. The molecule has 4 nitrogen and oxygen atoms in total. The van der Waals surface area contributed by atoms with Gasteiger partial charge in [0.15, 0.2) is 8.68 Å². The number of aryl methyl sites for hydroxylation is 2. The van der Waals surface area contributed by atoms with Crippen LogP contribution >= 0.6 is 34.9 Å². The molecular weight excluding hydrogens is 358 g/mol. The monoisotopic (exact) mass is 381 g/mol. The molecule has 0 atom stereocenters. The SMILES string of the molecule is CCCCSc1nnc(SCC(=O)Nc2c(C)cccc2CC)s1. The number of para-hydroxylation sites is 1. The first kappa shape index (κ1) is 19.3. The van der Waals surface area contributed by atoms with Crippen LogP contribution in [0.4, 0.5) is 5.69 Å². The molecule has 0 fully saturated rings. The van der Waals surface area contributed by atoms with Crippen molar-refractivity contribution in [1.82, 2.24) is 10.2 Å². The van der Waals surface area contributed by atoms with E-state index < -0.39 is 0 Å². The molecule has 2 aromatic rings. The molecule has 0 aliphatic heterocycles. The van der Waals surface area contributed by atoms with Gasteiger partial charge in [-0.25, -0.2) is 0 Å². The Bertz CT molecular complexity index is 673. The van der Waals surface area contributed by atoms with Crippen molar-refractivity contribution in [3.05, 3.63) is 29.3 Å². The fraction of sp³-hybridized carbons (Fsp3) is 0.471. The molecule has 2 rings (SSSR count). The molecule has 1 aromatic carbocycles. The number of unbranched alkanes of at least 4 members (excludes halogenated alkanes) is 1. The number of aromatic nitrogens is 2. The number of nitrogens with one attached hydrogen (secondary N) is 1. The number of amides is 1. The highest BCUT2D eigenvalue weighted by Gasteiger charge is 2.11. The topological polar surface area (TPSA) is 54.9 Å². The summed E-state index contributed by atoms with van der Waals surface area (Å²) in [6, 6.07) is 6.10.